The number of carbonyl (C=O) groups excluding carboxylic acids is 1. The Morgan fingerprint density at radius 1 is 1.50 bits per heavy atom. The molecule has 1 amide bonds. The van der Waals surface area contributed by atoms with Gasteiger partial charge in [0.25, 0.3) is 0 Å². The molecule has 4 nitrogen and oxygen atoms in total. The average Bonchev–Trinajstić information content (AvgIpc) is 2.74. The zero-order valence-corrected chi connectivity index (χ0v) is 12.4. The van der Waals surface area contributed by atoms with Crippen LogP contribution < -0.4 is 5.32 Å². The Kier molecular flexibility index (Phi) is 4.79. The van der Waals surface area contributed by atoms with E-state index in [1.807, 2.05) is 44.3 Å². The maximum absolute atomic E-state index is 11.9. The van der Waals surface area contributed by atoms with Crippen LogP contribution in [0.5, 0.6) is 0 Å². The lowest BCUT2D eigenvalue weighted by molar-refractivity contribution is -0.122. The van der Waals surface area contributed by atoms with Crippen LogP contribution in [0.2, 0.25) is 5.02 Å². The second-order valence-corrected chi connectivity index (χ2v) is 5.45. The first kappa shape index (κ1) is 14.6. The predicted molar refractivity (Wildman–Crippen MR) is 79.7 cm³/mol. The number of hydrogen-bond acceptors (Lipinski definition) is 2. The van der Waals surface area contributed by atoms with Crippen molar-refractivity contribution in [3.05, 3.63) is 52.8 Å². The molecule has 0 radical (unpaired) electrons. The molecule has 0 aliphatic heterocycles. The van der Waals surface area contributed by atoms with Crippen LogP contribution in [0.15, 0.2) is 36.7 Å². The summed E-state index contributed by atoms with van der Waals surface area (Å²) in [6.45, 7) is 4.17. The van der Waals surface area contributed by atoms with Gasteiger partial charge in [-0.2, -0.15) is 5.10 Å². The predicted octanol–water partition coefficient (Wildman–Crippen LogP) is 2.59. The second-order valence-electron chi connectivity index (χ2n) is 5.02. The first-order chi connectivity index (χ1) is 9.52. The number of benzene rings is 1. The van der Waals surface area contributed by atoms with Gasteiger partial charge in [0.1, 0.15) is 6.54 Å². The summed E-state index contributed by atoms with van der Waals surface area (Å²) in [5.41, 5.74) is 2.16. The fraction of sp³-hybridized carbons (Fsp3) is 0.333. The van der Waals surface area contributed by atoms with Gasteiger partial charge < -0.3 is 5.32 Å². The van der Waals surface area contributed by atoms with Gasteiger partial charge in [0.15, 0.2) is 0 Å². The van der Waals surface area contributed by atoms with Gasteiger partial charge >= 0.3 is 0 Å². The van der Waals surface area contributed by atoms with E-state index in [4.69, 9.17) is 11.6 Å². The molecule has 1 atom stereocenters. The van der Waals surface area contributed by atoms with Crippen molar-refractivity contribution in [3.63, 3.8) is 0 Å². The second kappa shape index (κ2) is 6.57. The maximum Gasteiger partial charge on any atom is 0.241 e. The fourth-order valence-electron chi connectivity index (χ4n) is 2.09. The van der Waals surface area contributed by atoms with Crippen LogP contribution in [0.3, 0.4) is 0 Å². The first-order valence-electron chi connectivity index (χ1n) is 6.56. The fourth-order valence-corrected chi connectivity index (χ4v) is 2.30. The van der Waals surface area contributed by atoms with E-state index in [-0.39, 0.29) is 18.5 Å². The molecule has 0 fully saturated rings. The zero-order valence-electron chi connectivity index (χ0n) is 11.6. The van der Waals surface area contributed by atoms with E-state index in [1.54, 1.807) is 10.9 Å². The topological polar surface area (TPSA) is 46.9 Å². The summed E-state index contributed by atoms with van der Waals surface area (Å²) in [4.78, 5) is 11.9. The van der Waals surface area contributed by atoms with Crippen molar-refractivity contribution < 1.29 is 4.79 Å². The standard InChI is InChI=1S/C15H18ClN3O/c1-11-8-17-19(9-11)10-15(20)18-12(2)6-13-4-3-5-14(16)7-13/h3-5,7-9,12H,6,10H2,1-2H3,(H,18,20)/t12-/m1/s1. The van der Waals surface area contributed by atoms with Crippen LogP contribution in [0.1, 0.15) is 18.1 Å². The largest absolute Gasteiger partial charge is 0.352 e. The van der Waals surface area contributed by atoms with E-state index >= 15 is 0 Å². The summed E-state index contributed by atoms with van der Waals surface area (Å²) in [5.74, 6) is -0.0392. The molecule has 1 N–H and O–H groups in total. The van der Waals surface area contributed by atoms with Crippen LogP contribution in [0, 0.1) is 6.92 Å². The number of nitrogens with one attached hydrogen (secondary N) is 1. The lowest BCUT2D eigenvalue weighted by Crippen LogP contribution is -2.36. The highest BCUT2D eigenvalue weighted by Crippen LogP contribution is 2.12. The highest BCUT2D eigenvalue weighted by Gasteiger charge is 2.09. The van der Waals surface area contributed by atoms with Gasteiger partial charge in [-0.05, 0) is 43.5 Å². The summed E-state index contributed by atoms with van der Waals surface area (Å²) in [5, 5.41) is 7.78. The van der Waals surface area contributed by atoms with Gasteiger partial charge in [-0.1, -0.05) is 23.7 Å². The molecule has 5 heteroatoms. The first-order valence-corrected chi connectivity index (χ1v) is 6.93. The Morgan fingerprint density at radius 3 is 2.95 bits per heavy atom. The third-order valence-electron chi connectivity index (χ3n) is 2.91. The Morgan fingerprint density at radius 2 is 2.30 bits per heavy atom. The van der Waals surface area contributed by atoms with Crippen molar-refractivity contribution in [1.82, 2.24) is 15.1 Å². The Hall–Kier alpha value is -1.81. The number of halogens is 1. The highest BCUT2D eigenvalue weighted by atomic mass is 35.5. The van der Waals surface area contributed by atoms with Crippen molar-refractivity contribution in [2.45, 2.75) is 32.9 Å². The van der Waals surface area contributed by atoms with Crippen LogP contribution in [0.4, 0.5) is 0 Å². The van der Waals surface area contributed by atoms with Gasteiger partial charge in [-0.3, -0.25) is 9.48 Å². The molecule has 0 spiro atoms. The van der Waals surface area contributed by atoms with E-state index in [9.17, 15) is 4.79 Å². The summed E-state index contributed by atoms with van der Waals surface area (Å²) in [6, 6.07) is 7.73. The van der Waals surface area contributed by atoms with E-state index in [1.165, 1.54) is 0 Å². The Bertz CT molecular complexity index is 594. The number of amides is 1. The summed E-state index contributed by atoms with van der Waals surface area (Å²) >= 11 is 5.94. The van der Waals surface area contributed by atoms with Crippen LogP contribution >= 0.6 is 11.6 Å². The molecule has 0 aliphatic rings. The van der Waals surface area contributed by atoms with Gasteiger partial charge in [0.05, 0.1) is 6.20 Å². The third kappa shape index (κ3) is 4.38. The van der Waals surface area contributed by atoms with E-state index < -0.39 is 0 Å². The molecule has 1 aromatic heterocycles. The van der Waals surface area contributed by atoms with Gasteiger partial charge in [-0.25, -0.2) is 0 Å². The quantitative estimate of drug-likeness (QED) is 0.920. The van der Waals surface area contributed by atoms with Gasteiger partial charge in [0, 0.05) is 17.3 Å². The molecule has 1 heterocycles. The van der Waals surface area contributed by atoms with E-state index in [0.29, 0.717) is 5.02 Å². The number of nitrogens with zero attached hydrogens (tertiary/aromatic N) is 2. The Balaban J connectivity index is 1.84. The van der Waals surface area contributed by atoms with Gasteiger partial charge in [-0.15, -0.1) is 0 Å². The van der Waals surface area contributed by atoms with Crippen molar-refractivity contribution in [2.24, 2.45) is 0 Å². The van der Waals surface area contributed by atoms with Gasteiger partial charge in [0.2, 0.25) is 5.91 Å². The minimum absolute atomic E-state index is 0.0392. The molecule has 2 aromatic rings. The number of rotatable bonds is 5. The molecule has 0 saturated carbocycles. The summed E-state index contributed by atoms with van der Waals surface area (Å²) < 4.78 is 1.64. The third-order valence-corrected chi connectivity index (χ3v) is 3.14. The lowest BCUT2D eigenvalue weighted by atomic mass is 10.1. The molecule has 0 unspecified atom stereocenters. The van der Waals surface area contributed by atoms with Crippen LogP contribution in [0.25, 0.3) is 0 Å². The molecule has 1 aromatic carbocycles. The average molecular weight is 292 g/mol. The van der Waals surface area contributed by atoms with E-state index in [2.05, 4.69) is 10.4 Å². The van der Waals surface area contributed by atoms with Crippen molar-refractivity contribution in [1.29, 1.82) is 0 Å². The number of aryl methyl sites for hydroxylation is 1. The van der Waals surface area contributed by atoms with Crippen molar-refractivity contribution in [3.8, 4) is 0 Å². The normalized spacial score (nSPS) is 12.2. The highest BCUT2D eigenvalue weighted by molar-refractivity contribution is 6.30. The molecule has 106 valence electrons. The monoisotopic (exact) mass is 291 g/mol. The summed E-state index contributed by atoms with van der Waals surface area (Å²) in [6.07, 6.45) is 4.34. The Labute approximate surface area is 123 Å². The molecular formula is C15H18ClN3O. The van der Waals surface area contributed by atoms with Crippen LogP contribution in [-0.2, 0) is 17.8 Å². The SMILES string of the molecule is Cc1cnn(CC(=O)N[C@H](C)Cc2cccc(Cl)c2)c1. The molecular weight excluding hydrogens is 274 g/mol. The number of hydrogen-bond donors (Lipinski definition) is 1. The minimum atomic E-state index is -0.0392. The molecule has 0 bridgehead atoms. The van der Waals surface area contributed by atoms with Crippen molar-refractivity contribution >= 4 is 17.5 Å². The molecule has 2 rings (SSSR count). The maximum atomic E-state index is 11.9. The number of aromatic nitrogens is 2. The summed E-state index contributed by atoms with van der Waals surface area (Å²) in [7, 11) is 0. The molecule has 0 saturated heterocycles. The number of carbonyl (C=O) groups is 1. The molecule has 0 aliphatic carbocycles. The zero-order chi connectivity index (χ0) is 14.5. The smallest absolute Gasteiger partial charge is 0.241 e. The minimum Gasteiger partial charge on any atom is -0.352 e. The van der Waals surface area contributed by atoms with Crippen molar-refractivity contribution in [2.75, 3.05) is 0 Å². The van der Waals surface area contributed by atoms with E-state index in [0.717, 1.165) is 17.5 Å². The van der Waals surface area contributed by atoms with Crippen LogP contribution in [-0.4, -0.2) is 21.7 Å². The lowest BCUT2D eigenvalue weighted by Gasteiger charge is -2.14. The molecule has 20 heavy (non-hydrogen) atoms.